The van der Waals surface area contributed by atoms with Crippen LogP contribution in [-0.4, -0.2) is 19.6 Å². The van der Waals surface area contributed by atoms with Crippen LogP contribution in [0.4, 0.5) is 0 Å². The van der Waals surface area contributed by atoms with Crippen LogP contribution < -0.4 is 0 Å². The zero-order valence-electron chi connectivity index (χ0n) is 11.2. The van der Waals surface area contributed by atoms with E-state index in [1.165, 1.54) is 37.7 Å². The standard InChI is InChI=1S/C14H19IN4/c1-11-9-18(17-14(11)15)10-12-7-8-19(16-12)13-5-3-2-4-6-13/h7-9,13H,2-6,10H2,1H3. The Balaban J connectivity index is 1.70. The third-order valence-corrected chi connectivity index (χ3v) is 4.89. The van der Waals surface area contributed by atoms with Gasteiger partial charge in [-0.2, -0.15) is 10.2 Å². The number of aromatic nitrogens is 4. The van der Waals surface area contributed by atoms with Gasteiger partial charge < -0.3 is 0 Å². The van der Waals surface area contributed by atoms with Gasteiger partial charge in [-0.1, -0.05) is 19.3 Å². The van der Waals surface area contributed by atoms with Crippen LogP contribution in [0.25, 0.3) is 0 Å². The van der Waals surface area contributed by atoms with Gasteiger partial charge >= 0.3 is 0 Å². The molecule has 0 amide bonds. The first-order valence-corrected chi connectivity index (χ1v) is 8.04. The fourth-order valence-corrected chi connectivity index (χ4v) is 3.17. The molecule has 2 aromatic rings. The number of hydrogen-bond acceptors (Lipinski definition) is 2. The molecule has 4 nitrogen and oxygen atoms in total. The number of rotatable bonds is 3. The van der Waals surface area contributed by atoms with Gasteiger partial charge in [0, 0.05) is 18.0 Å². The third-order valence-electron chi connectivity index (χ3n) is 3.82. The molecule has 5 heteroatoms. The summed E-state index contributed by atoms with van der Waals surface area (Å²) in [5, 5.41) is 9.20. The minimum Gasteiger partial charge on any atom is -0.269 e. The molecule has 0 spiro atoms. The number of halogens is 1. The van der Waals surface area contributed by atoms with Crippen molar-refractivity contribution in [3.8, 4) is 0 Å². The van der Waals surface area contributed by atoms with E-state index in [0.717, 1.165) is 15.9 Å². The second-order valence-electron chi connectivity index (χ2n) is 5.38. The lowest BCUT2D eigenvalue weighted by Gasteiger charge is -2.21. The number of nitrogens with zero attached hydrogens (tertiary/aromatic N) is 4. The van der Waals surface area contributed by atoms with Crippen molar-refractivity contribution in [2.24, 2.45) is 0 Å². The summed E-state index contributed by atoms with van der Waals surface area (Å²) in [6.45, 7) is 2.86. The maximum Gasteiger partial charge on any atom is 0.126 e. The topological polar surface area (TPSA) is 35.6 Å². The van der Waals surface area contributed by atoms with Gasteiger partial charge in [0.1, 0.15) is 3.70 Å². The molecule has 0 aliphatic heterocycles. The number of aryl methyl sites for hydroxylation is 1. The predicted octanol–water partition coefficient (Wildman–Crippen LogP) is 3.55. The SMILES string of the molecule is Cc1cn(Cc2ccn(C3CCCCC3)n2)nc1I. The van der Waals surface area contributed by atoms with Crippen LogP contribution in [0.5, 0.6) is 0 Å². The van der Waals surface area contributed by atoms with Gasteiger partial charge in [-0.25, -0.2) is 0 Å². The molecular weight excluding hydrogens is 351 g/mol. The number of hydrogen-bond donors (Lipinski definition) is 0. The van der Waals surface area contributed by atoms with Crippen LogP contribution in [0, 0.1) is 10.6 Å². The van der Waals surface area contributed by atoms with Crippen molar-refractivity contribution in [2.75, 3.05) is 0 Å². The molecule has 0 unspecified atom stereocenters. The fourth-order valence-electron chi connectivity index (χ4n) is 2.75. The second-order valence-corrected chi connectivity index (χ2v) is 6.40. The minimum atomic E-state index is 0.613. The van der Waals surface area contributed by atoms with Crippen LogP contribution in [0.15, 0.2) is 18.5 Å². The lowest BCUT2D eigenvalue weighted by Crippen LogP contribution is -2.13. The summed E-state index contributed by atoms with van der Waals surface area (Å²) >= 11 is 2.27. The summed E-state index contributed by atoms with van der Waals surface area (Å²) in [5.74, 6) is 0. The second kappa shape index (κ2) is 5.64. The van der Waals surface area contributed by atoms with Gasteiger partial charge in [0.25, 0.3) is 0 Å². The lowest BCUT2D eigenvalue weighted by molar-refractivity contribution is 0.327. The van der Waals surface area contributed by atoms with Gasteiger partial charge in [-0.3, -0.25) is 9.36 Å². The smallest absolute Gasteiger partial charge is 0.126 e. The summed E-state index contributed by atoms with van der Waals surface area (Å²) < 4.78 is 5.21. The third kappa shape index (κ3) is 3.01. The average molecular weight is 370 g/mol. The first-order chi connectivity index (χ1) is 9.22. The Bertz CT molecular complexity index is 532. The molecule has 1 aliphatic rings. The summed E-state index contributed by atoms with van der Waals surface area (Å²) in [6, 6.07) is 2.74. The molecule has 0 atom stereocenters. The highest BCUT2D eigenvalue weighted by Gasteiger charge is 2.16. The molecule has 2 aromatic heterocycles. The Morgan fingerprint density at radius 2 is 2.05 bits per heavy atom. The predicted molar refractivity (Wildman–Crippen MR) is 83.1 cm³/mol. The lowest BCUT2D eigenvalue weighted by atomic mass is 9.96. The van der Waals surface area contributed by atoms with Crippen molar-refractivity contribution < 1.29 is 0 Å². The van der Waals surface area contributed by atoms with E-state index >= 15 is 0 Å². The van der Waals surface area contributed by atoms with Gasteiger partial charge in [0.05, 0.1) is 18.3 Å². The molecule has 1 aliphatic carbocycles. The van der Waals surface area contributed by atoms with Crippen LogP contribution in [0.3, 0.4) is 0 Å². The summed E-state index contributed by atoms with van der Waals surface area (Å²) in [6.07, 6.45) is 10.8. The molecule has 3 rings (SSSR count). The van der Waals surface area contributed by atoms with E-state index < -0.39 is 0 Å². The largest absolute Gasteiger partial charge is 0.269 e. The fraction of sp³-hybridized carbons (Fsp3) is 0.571. The highest BCUT2D eigenvalue weighted by atomic mass is 127. The molecule has 1 saturated carbocycles. The molecule has 1 fully saturated rings. The van der Waals surface area contributed by atoms with Crippen LogP contribution in [0.1, 0.15) is 49.4 Å². The van der Waals surface area contributed by atoms with Crippen LogP contribution in [-0.2, 0) is 6.54 Å². The zero-order valence-corrected chi connectivity index (χ0v) is 13.4. The van der Waals surface area contributed by atoms with Crippen molar-refractivity contribution in [1.82, 2.24) is 19.6 Å². The zero-order chi connectivity index (χ0) is 13.2. The molecule has 102 valence electrons. The molecule has 0 aromatic carbocycles. The Morgan fingerprint density at radius 3 is 2.74 bits per heavy atom. The maximum absolute atomic E-state index is 4.72. The van der Waals surface area contributed by atoms with Crippen LogP contribution in [0.2, 0.25) is 0 Å². The van der Waals surface area contributed by atoms with Crippen molar-refractivity contribution in [3.63, 3.8) is 0 Å². The highest BCUT2D eigenvalue weighted by Crippen LogP contribution is 2.27. The molecular formula is C14H19IN4. The van der Waals surface area contributed by atoms with E-state index in [1.54, 1.807) is 0 Å². The summed E-state index contributed by atoms with van der Waals surface area (Å²) in [5.41, 5.74) is 2.33. The average Bonchev–Trinajstić information content (AvgIpc) is 2.99. The highest BCUT2D eigenvalue weighted by molar-refractivity contribution is 14.1. The Morgan fingerprint density at radius 1 is 1.26 bits per heavy atom. The van der Waals surface area contributed by atoms with Crippen molar-refractivity contribution in [2.45, 2.75) is 51.6 Å². The molecule has 2 heterocycles. The van der Waals surface area contributed by atoms with E-state index in [2.05, 4.69) is 57.8 Å². The van der Waals surface area contributed by atoms with Gasteiger partial charge in [0.15, 0.2) is 0 Å². The van der Waals surface area contributed by atoms with Gasteiger partial charge in [-0.15, -0.1) is 0 Å². The minimum absolute atomic E-state index is 0.613. The normalized spacial score (nSPS) is 16.9. The van der Waals surface area contributed by atoms with E-state index in [1.807, 2.05) is 4.68 Å². The van der Waals surface area contributed by atoms with Gasteiger partial charge in [0.2, 0.25) is 0 Å². The summed E-state index contributed by atoms with van der Waals surface area (Å²) in [4.78, 5) is 0. The molecule has 0 radical (unpaired) electrons. The molecule has 19 heavy (non-hydrogen) atoms. The van der Waals surface area contributed by atoms with Crippen molar-refractivity contribution in [1.29, 1.82) is 0 Å². The van der Waals surface area contributed by atoms with E-state index in [0.29, 0.717) is 6.04 Å². The Kier molecular flexibility index (Phi) is 3.91. The Labute approximate surface area is 127 Å². The summed E-state index contributed by atoms with van der Waals surface area (Å²) in [7, 11) is 0. The van der Waals surface area contributed by atoms with E-state index in [-0.39, 0.29) is 0 Å². The molecule has 0 saturated heterocycles. The first kappa shape index (κ1) is 13.1. The molecule has 0 bridgehead atoms. The van der Waals surface area contributed by atoms with E-state index in [4.69, 9.17) is 5.10 Å². The van der Waals surface area contributed by atoms with Gasteiger partial charge in [-0.05, 0) is 48.4 Å². The van der Waals surface area contributed by atoms with Crippen molar-refractivity contribution in [3.05, 3.63) is 33.4 Å². The van der Waals surface area contributed by atoms with Crippen LogP contribution >= 0.6 is 22.6 Å². The van der Waals surface area contributed by atoms with Crippen molar-refractivity contribution >= 4 is 22.6 Å². The Hall–Kier alpha value is -0.850. The molecule has 0 N–H and O–H groups in total. The maximum atomic E-state index is 4.72. The first-order valence-electron chi connectivity index (χ1n) is 6.96. The van der Waals surface area contributed by atoms with E-state index in [9.17, 15) is 0 Å². The monoisotopic (exact) mass is 370 g/mol. The quantitative estimate of drug-likeness (QED) is 0.775.